The molecule has 1 heterocycles. The third kappa shape index (κ3) is 3.84. The molecule has 1 saturated heterocycles. The van der Waals surface area contributed by atoms with Gasteiger partial charge in [-0.05, 0) is 43.8 Å². The molecule has 1 aromatic rings. The Balaban J connectivity index is 1.95. The maximum absolute atomic E-state index is 12.3. The van der Waals surface area contributed by atoms with Crippen molar-refractivity contribution in [3.05, 3.63) is 42.0 Å². The van der Waals surface area contributed by atoms with Gasteiger partial charge in [-0.2, -0.15) is 0 Å². The van der Waals surface area contributed by atoms with E-state index in [2.05, 4.69) is 18.5 Å². The van der Waals surface area contributed by atoms with Crippen LogP contribution in [0.15, 0.2) is 36.4 Å². The van der Waals surface area contributed by atoms with Crippen LogP contribution in [-0.2, 0) is 0 Å². The molecule has 1 aliphatic rings. The molecule has 0 bridgehead atoms. The molecule has 1 amide bonds. The van der Waals surface area contributed by atoms with Gasteiger partial charge in [0.25, 0.3) is 5.91 Å². The molecule has 108 valence electrons. The van der Waals surface area contributed by atoms with Crippen molar-refractivity contribution in [2.45, 2.75) is 6.92 Å². The fourth-order valence-electron chi connectivity index (χ4n) is 2.09. The van der Waals surface area contributed by atoms with E-state index < -0.39 is 0 Å². The summed E-state index contributed by atoms with van der Waals surface area (Å²) in [6.07, 6.45) is 0. The number of ether oxygens (including phenoxy) is 1. The number of benzene rings is 1. The van der Waals surface area contributed by atoms with E-state index in [1.165, 1.54) is 0 Å². The Labute approximate surface area is 120 Å². The van der Waals surface area contributed by atoms with Crippen molar-refractivity contribution in [2.24, 2.45) is 0 Å². The molecule has 4 heteroatoms. The summed E-state index contributed by atoms with van der Waals surface area (Å²) in [5, 5.41) is 0. The van der Waals surface area contributed by atoms with Gasteiger partial charge < -0.3 is 14.5 Å². The Morgan fingerprint density at radius 3 is 2.35 bits per heavy atom. The largest absolute Gasteiger partial charge is 0.489 e. The van der Waals surface area contributed by atoms with Gasteiger partial charge in [-0.15, -0.1) is 0 Å². The van der Waals surface area contributed by atoms with E-state index in [0.29, 0.717) is 6.61 Å². The van der Waals surface area contributed by atoms with E-state index in [-0.39, 0.29) is 5.91 Å². The van der Waals surface area contributed by atoms with Gasteiger partial charge in [-0.3, -0.25) is 4.79 Å². The van der Waals surface area contributed by atoms with Crippen LogP contribution in [0.2, 0.25) is 0 Å². The lowest BCUT2D eigenvalue weighted by Gasteiger charge is -2.32. The number of hydrogen-bond acceptors (Lipinski definition) is 3. The first-order chi connectivity index (χ1) is 9.56. The number of carbonyl (C=O) groups is 1. The highest BCUT2D eigenvalue weighted by Crippen LogP contribution is 2.15. The SMILES string of the molecule is C=C(C)COc1ccc(C(=O)N2CCN(C)CC2)cc1. The number of rotatable bonds is 4. The molecule has 1 fully saturated rings. The molecule has 0 aromatic heterocycles. The van der Waals surface area contributed by atoms with Crippen LogP contribution < -0.4 is 4.74 Å². The molecular weight excluding hydrogens is 252 g/mol. The number of hydrogen-bond donors (Lipinski definition) is 0. The molecule has 20 heavy (non-hydrogen) atoms. The van der Waals surface area contributed by atoms with Crippen molar-refractivity contribution >= 4 is 5.91 Å². The van der Waals surface area contributed by atoms with Crippen LogP contribution >= 0.6 is 0 Å². The minimum absolute atomic E-state index is 0.101. The lowest BCUT2D eigenvalue weighted by Crippen LogP contribution is -2.47. The number of piperazine rings is 1. The summed E-state index contributed by atoms with van der Waals surface area (Å²) in [5.41, 5.74) is 1.69. The minimum atomic E-state index is 0.101. The minimum Gasteiger partial charge on any atom is -0.489 e. The molecule has 0 N–H and O–H groups in total. The second-order valence-corrected chi connectivity index (χ2v) is 5.37. The fraction of sp³-hybridized carbons (Fsp3) is 0.438. The van der Waals surface area contributed by atoms with Crippen molar-refractivity contribution in [3.8, 4) is 5.75 Å². The Kier molecular flexibility index (Phi) is 4.79. The predicted molar refractivity (Wildman–Crippen MR) is 80.2 cm³/mol. The van der Waals surface area contributed by atoms with Crippen LogP contribution in [0.4, 0.5) is 0 Å². The van der Waals surface area contributed by atoms with Gasteiger partial charge in [-0.25, -0.2) is 0 Å². The van der Waals surface area contributed by atoms with E-state index in [4.69, 9.17) is 4.74 Å². The van der Waals surface area contributed by atoms with Gasteiger partial charge in [0.1, 0.15) is 12.4 Å². The van der Waals surface area contributed by atoms with E-state index in [1.807, 2.05) is 36.1 Å². The lowest BCUT2D eigenvalue weighted by molar-refractivity contribution is 0.0664. The highest BCUT2D eigenvalue weighted by molar-refractivity contribution is 5.94. The second-order valence-electron chi connectivity index (χ2n) is 5.37. The standard InChI is InChI=1S/C16H22N2O2/c1-13(2)12-20-15-6-4-14(5-7-15)16(19)18-10-8-17(3)9-11-18/h4-7H,1,8-12H2,2-3H3. The number of likely N-dealkylation sites (N-methyl/N-ethyl adjacent to an activating group) is 1. The van der Waals surface area contributed by atoms with Crippen molar-refractivity contribution in [1.29, 1.82) is 0 Å². The predicted octanol–water partition coefficient (Wildman–Crippen LogP) is 2.03. The normalized spacial score (nSPS) is 16.0. The van der Waals surface area contributed by atoms with Crippen molar-refractivity contribution < 1.29 is 9.53 Å². The van der Waals surface area contributed by atoms with E-state index in [9.17, 15) is 4.79 Å². The molecule has 0 saturated carbocycles. The van der Waals surface area contributed by atoms with Gasteiger partial charge in [-0.1, -0.05) is 6.58 Å². The van der Waals surface area contributed by atoms with Crippen LogP contribution in [0.1, 0.15) is 17.3 Å². The van der Waals surface area contributed by atoms with Gasteiger partial charge in [0.2, 0.25) is 0 Å². The molecule has 1 aliphatic heterocycles. The average molecular weight is 274 g/mol. The third-order valence-corrected chi connectivity index (χ3v) is 3.38. The van der Waals surface area contributed by atoms with Gasteiger partial charge >= 0.3 is 0 Å². The summed E-state index contributed by atoms with van der Waals surface area (Å²) in [5.74, 6) is 0.868. The molecule has 0 aliphatic carbocycles. The molecule has 0 unspecified atom stereocenters. The highest BCUT2D eigenvalue weighted by atomic mass is 16.5. The molecule has 4 nitrogen and oxygen atoms in total. The topological polar surface area (TPSA) is 32.8 Å². The van der Waals surface area contributed by atoms with E-state index in [0.717, 1.165) is 43.1 Å². The number of nitrogens with zero attached hydrogens (tertiary/aromatic N) is 2. The average Bonchev–Trinajstić information content (AvgIpc) is 2.46. The molecule has 0 radical (unpaired) electrons. The zero-order chi connectivity index (χ0) is 14.5. The third-order valence-electron chi connectivity index (χ3n) is 3.38. The summed E-state index contributed by atoms with van der Waals surface area (Å²) in [7, 11) is 2.08. The smallest absolute Gasteiger partial charge is 0.253 e. The first-order valence-corrected chi connectivity index (χ1v) is 6.91. The van der Waals surface area contributed by atoms with Gasteiger partial charge in [0.15, 0.2) is 0 Å². The Bertz CT molecular complexity index is 474. The van der Waals surface area contributed by atoms with E-state index in [1.54, 1.807) is 0 Å². The fourth-order valence-corrected chi connectivity index (χ4v) is 2.09. The first-order valence-electron chi connectivity index (χ1n) is 6.91. The summed E-state index contributed by atoms with van der Waals surface area (Å²) in [6.45, 7) is 9.68. The van der Waals surface area contributed by atoms with Crippen LogP contribution in [0.3, 0.4) is 0 Å². The van der Waals surface area contributed by atoms with Gasteiger partial charge in [0.05, 0.1) is 0 Å². The van der Waals surface area contributed by atoms with Crippen LogP contribution in [0, 0.1) is 0 Å². The Morgan fingerprint density at radius 2 is 1.80 bits per heavy atom. The maximum atomic E-state index is 12.3. The zero-order valence-corrected chi connectivity index (χ0v) is 12.3. The number of amides is 1. The van der Waals surface area contributed by atoms with Gasteiger partial charge in [0, 0.05) is 31.7 Å². The van der Waals surface area contributed by atoms with Crippen LogP contribution in [-0.4, -0.2) is 55.5 Å². The van der Waals surface area contributed by atoms with E-state index >= 15 is 0 Å². The monoisotopic (exact) mass is 274 g/mol. The molecule has 0 atom stereocenters. The van der Waals surface area contributed by atoms with Crippen molar-refractivity contribution in [3.63, 3.8) is 0 Å². The summed E-state index contributed by atoms with van der Waals surface area (Å²) in [4.78, 5) is 16.5. The Morgan fingerprint density at radius 1 is 1.20 bits per heavy atom. The van der Waals surface area contributed by atoms with Crippen molar-refractivity contribution in [1.82, 2.24) is 9.80 Å². The highest BCUT2D eigenvalue weighted by Gasteiger charge is 2.20. The second kappa shape index (κ2) is 6.57. The summed E-state index contributed by atoms with van der Waals surface area (Å²) < 4.78 is 5.53. The lowest BCUT2D eigenvalue weighted by atomic mass is 10.1. The molecule has 0 spiro atoms. The first kappa shape index (κ1) is 14.6. The number of carbonyl (C=O) groups excluding carboxylic acids is 1. The summed E-state index contributed by atoms with van der Waals surface area (Å²) in [6, 6.07) is 7.33. The summed E-state index contributed by atoms with van der Waals surface area (Å²) >= 11 is 0. The van der Waals surface area contributed by atoms with Crippen LogP contribution in [0.5, 0.6) is 5.75 Å². The van der Waals surface area contributed by atoms with Crippen LogP contribution in [0.25, 0.3) is 0 Å². The molecular formula is C16H22N2O2. The molecule has 2 rings (SSSR count). The molecule has 1 aromatic carbocycles. The maximum Gasteiger partial charge on any atom is 0.253 e. The quantitative estimate of drug-likeness (QED) is 0.788. The van der Waals surface area contributed by atoms with Crippen molar-refractivity contribution in [2.75, 3.05) is 39.8 Å². The Hall–Kier alpha value is -1.81. The zero-order valence-electron chi connectivity index (χ0n) is 12.3.